The largest absolute Gasteiger partial charge is 0.457 e. The van der Waals surface area contributed by atoms with E-state index in [1.165, 1.54) is 6.07 Å². The second-order valence-electron chi connectivity index (χ2n) is 7.13. The molecule has 2 atom stereocenters. The first-order valence-corrected chi connectivity index (χ1v) is 10.0. The SMILES string of the molecule is Cc1cc(Oc2ccc(Br)c(F)c2)c(C)cc1N=CNN1CC(C)OC(C)C1. The lowest BCUT2D eigenvalue weighted by Gasteiger charge is -2.34. The maximum atomic E-state index is 13.7. The maximum Gasteiger partial charge on any atom is 0.141 e. The van der Waals surface area contributed by atoms with E-state index in [1.807, 2.05) is 26.0 Å². The Labute approximate surface area is 173 Å². The van der Waals surface area contributed by atoms with Crippen LogP contribution >= 0.6 is 15.9 Å². The first-order valence-electron chi connectivity index (χ1n) is 9.25. The zero-order valence-corrected chi connectivity index (χ0v) is 18.1. The van der Waals surface area contributed by atoms with Crippen molar-refractivity contribution in [3.8, 4) is 11.5 Å². The number of aliphatic imine (C=N–C) groups is 1. The molecule has 3 rings (SSSR count). The van der Waals surface area contributed by atoms with Gasteiger partial charge in [-0.25, -0.2) is 14.4 Å². The monoisotopic (exact) mass is 449 g/mol. The fourth-order valence-electron chi connectivity index (χ4n) is 3.15. The zero-order chi connectivity index (χ0) is 20.3. The summed E-state index contributed by atoms with van der Waals surface area (Å²) in [6.45, 7) is 9.66. The summed E-state index contributed by atoms with van der Waals surface area (Å²) in [7, 11) is 0. The molecule has 28 heavy (non-hydrogen) atoms. The molecule has 0 saturated carbocycles. The van der Waals surface area contributed by atoms with E-state index < -0.39 is 0 Å². The molecule has 0 radical (unpaired) electrons. The van der Waals surface area contributed by atoms with Crippen LogP contribution in [-0.2, 0) is 4.74 Å². The van der Waals surface area contributed by atoms with Crippen molar-refractivity contribution in [2.45, 2.75) is 39.9 Å². The smallest absolute Gasteiger partial charge is 0.141 e. The van der Waals surface area contributed by atoms with Crippen molar-refractivity contribution in [2.75, 3.05) is 13.1 Å². The summed E-state index contributed by atoms with van der Waals surface area (Å²) in [5.74, 6) is 0.782. The van der Waals surface area contributed by atoms with Crippen molar-refractivity contribution in [3.63, 3.8) is 0 Å². The Balaban J connectivity index is 1.68. The van der Waals surface area contributed by atoms with Crippen LogP contribution in [0.1, 0.15) is 25.0 Å². The topological polar surface area (TPSA) is 46.1 Å². The molecule has 1 saturated heterocycles. The number of morpholine rings is 1. The van der Waals surface area contributed by atoms with Crippen LogP contribution in [0.3, 0.4) is 0 Å². The molecule has 1 N–H and O–H groups in total. The molecule has 7 heteroatoms. The van der Waals surface area contributed by atoms with Crippen LogP contribution in [0.25, 0.3) is 0 Å². The second-order valence-corrected chi connectivity index (χ2v) is 7.99. The molecule has 1 aliphatic heterocycles. The van der Waals surface area contributed by atoms with E-state index in [2.05, 4.69) is 45.2 Å². The summed E-state index contributed by atoms with van der Waals surface area (Å²) in [6.07, 6.45) is 2.08. The van der Waals surface area contributed by atoms with Gasteiger partial charge >= 0.3 is 0 Å². The number of halogens is 2. The molecule has 2 aromatic carbocycles. The van der Waals surface area contributed by atoms with Crippen LogP contribution in [0.2, 0.25) is 0 Å². The minimum atomic E-state index is -0.356. The van der Waals surface area contributed by atoms with Crippen LogP contribution in [0.4, 0.5) is 10.1 Å². The van der Waals surface area contributed by atoms with Crippen molar-refractivity contribution in [1.29, 1.82) is 0 Å². The molecule has 0 bridgehead atoms. The van der Waals surface area contributed by atoms with Gasteiger partial charge in [0.1, 0.15) is 23.7 Å². The molecule has 0 aromatic heterocycles. The molecule has 0 amide bonds. The Bertz CT molecular complexity index is 865. The van der Waals surface area contributed by atoms with Crippen LogP contribution in [0.15, 0.2) is 39.8 Å². The van der Waals surface area contributed by atoms with Gasteiger partial charge in [-0.1, -0.05) is 0 Å². The summed E-state index contributed by atoms with van der Waals surface area (Å²) >= 11 is 3.15. The Morgan fingerprint density at radius 1 is 1.18 bits per heavy atom. The molecule has 0 aliphatic carbocycles. The third kappa shape index (κ3) is 5.31. The van der Waals surface area contributed by atoms with E-state index in [0.717, 1.165) is 29.9 Å². The number of hydrogen-bond donors (Lipinski definition) is 1. The van der Waals surface area contributed by atoms with Crippen molar-refractivity contribution < 1.29 is 13.9 Å². The van der Waals surface area contributed by atoms with Crippen LogP contribution in [-0.4, -0.2) is 36.6 Å². The van der Waals surface area contributed by atoms with Crippen molar-refractivity contribution in [3.05, 3.63) is 51.7 Å². The standard InChI is InChI=1S/C21H25BrFN3O2/c1-13-8-21(28-17-5-6-18(22)19(23)9-17)14(2)7-20(13)24-12-25-26-10-15(3)27-16(4)11-26/h5-9,12,15-16H,10-11H2,1-4H3,(H,24,25). The minimum Gasteiger partial charge on any atom is -0.457 e. The van der Waals surface area contributed by atoms with E-state index in [0.29, 0.717) is 16.0 Å². The quantitative estimate of drug-likeness (QED) is 0.498. The van der Waals surface area contributed by atoms with Gasteiger partial charge in [0.2, 0.25) is 0 Å². The van der Waals surface area contributed by atoms with Gasteiger partial charge in [0.05, 0.1) is 22.4 Å². The fraction of sp³-hybridized carbons (Fsp3) is 0.381. The lowest BCUT2D eigenvalue weighted by atomic mass is 10.1. The maximum absolute atomic E-state index is 13.7. The average Bonchev–Trinajstić information content (AvgIpc) is 2.61. The zero-order valence-electron chi connectivity index (χ0n) is 16.5. The number of rotatable bonds is 5. The highest BCUT2D eigenvalue weighted by atomic mass is 79.9. The molecule has 1 aliphatic rings. The lowest BCUT2D eigenvalue weighted by molar-refractivity contribution is -0.0760. The van der Waals surface area contributed by atoms with E-state index in [9.17, 15) is 4.39 Å². The third-order valence-corrected chi connectivity index (χ3v) is 5.12. The normalized spacial score (nSPS) is 20.5. The van der Waals surface area contributed by atoms with Gasteiger partial charge in [0.15, 0.2) is 0 Å². The summed E-state index contributed by atoms with van der Waals surface area (Å²) < 4.78 is 25.7. The van der Waals surface area contributed by atoms with Crippen molar-refractivity contribution in [1.82, 2.24) is 10.4 Å². The van der Waals surface area contributed by atoms with Crippen molar-refractivity contribution in [2.24, 2.45) is 4.99 Å². The van der Waals surface area contributed by atoms with E-state index >= 15 is 0 Å². The summed E-state index contributed by atoms with van der Waals surface area (Å²) in [5, 5.41) is 2.10. The lowest BCUT2D eigenvalue weighted by Crippen LogP contribution is -2.51. The Hall–Kier alpha value is -1.96. The highest BCUT2D eigenvalue weighted by molar-refractivity contribution is 9.10. The summed E-state index contributed by atoms with van der Waals surface area (Å²) in [6, 6.07) is 8.59. The number of ether oxygens (including phenoxy) is 2. The van der Waals surface area contributed by atoms with E-state index in [1.54, 1.807) is 18.5 Å². The van der Waals surface area contributed by atoms with Gasteiger partial charge in [-0.05, 0) is 79.0 Å². The Kier molecular flexibility index (Phi) is 6.69. The number of benzene rings is 2. The van der Waals surface area contributed by atoms with Gasteiger partial charge in [0, 0.05) is 19.2 Å². The highest BCUT2D eigenvalue weighted by Crippen LogP contribution is 2.32. The number of aryl methyl sites for hydroxylation is 2. The first-order chi connectivity index (χ1) is 13.3. The van der Waals surface area contributed by atoms with Crippen LogP contribution in [0, 0.1) is 19.7 Å². The average molecular weight is 450 g/mol. The first kappa shape index (κ1) is 20.8. The molecule has 5 nitrogen and oxygen atoms in total. The predicted molar refractivity (Wildman–Crippen MR) is 113 cm³/mol. The Morgan fingerprint density at radius 2 is 1.89 bits per heavy atom. The van der Waals surface area contributed by atoms with Gasteiger partial charge in [-0.2, -0.15) is 0 Å². The number of nitrogens with one attached hydrogen (secondary N) is 1. The van der Waals surface area contributed by atoms with E-state index in [4.69, 9.17) is 9.47 Å². The second kappa shape index (κ2) is 9.03. The molecular weight excluding hydrogens is 425 g/mol. The van der Waals surface area contributed by atoms with Crippen LogP contribution in [0.5, 0.6) is 11.5 Å². The summed E-state index contributed by atoms with van der Waals surface area (Å²) in [5.41, 5.74) is 5.98. The highest BCUT2D eigenvalue weighted by Gasteiger charge is 2.21. The molecule has 2 unspecified atom stereocenters. The minimum absolute atomic E-state index is 0.188. The Morgan fingerprint density at radius 3 is 2.57 bits per heavy atom. The molecule has 1 heterocycles. The number of nitrogens with zero attached hydrogens (tertiary/aromatic N) is 2. The fourth-order valence-corrected chi connectivity index (χ4v) is 3.40. The van der Waals surface area contributed by atoms with Crippen molar-refractivity contribution >= 4 is 28.0 Å². The van der Waals surface area contributed by atoms with Gasteiger partial charge in [-0.3, -0.25) is 0 Å². The van der Waals surface area contributed by atoms with Gasteiger partial charge in [0.25, 0.3) is 0 Å². The van der Waals surface area contributed by atoms with Crippen LogP contribution < -0.4 is 10.2 Å². The van der Waals surface area contributed by atoms with Gasteiger partial charge in [-0.15, -0.1) is 0 Å². The molecular formula is C21H25BrFN3O2. The number of hydrazine groups is 1. The molecule has 0 spiro atoms. The molecule has 1 fully saturated rings. The van der Waals surface area contributed by atoms with E-state index in [-0.39, 0.29) is 18.0 Å². The third-order valence-electron chi connectivity index (χ3n) is 4.48. The van der Waals surface area contributed by atoms with Gasteiger partial charge < -0.3 is 14.9 Å². The summed E-state index contributed by atoms with van der Waals surface area (Å²) in [4.78, 5) is 4.54. The molecule has 2 aromatic rings. The number of hydrogen-bond acceptors (Lipinski definition) is 4. The predicted octanol–water partition coefficient (Wildman–Crippen LogP) is 5.27. The molecule has 150 valence electrons.